The van der Waals surface area contributed by atoms with Crippen LogP contribution in [0.25, 0.3) is 6.08 Å². The van der Waals surface area contributed by atoms with Gasteiger partial charge < -0.3 is 15.1 Å². The molecule has 35 heavy (non-hydrogen) atoms. The number of hydrogen-bond donors (Lipinski definition) is 2. The second-order valence-electron chi connectivity index (χ2n) is 8.02. The maximum Gasteiger partial charge on any atom is 0.257 e. The van der Waals surface area contributed by atoms with Gasteiger partial charge in [0.2, 0.25) is 5.91 Å². The van der Waals surface area contributed by atoms with E-state index in [2.05, 4.69) is 38.1 Å². The summed E-state index contributed by atoms with van der Waals surface area (Å²) in [5.74, 6) is -0.211. The lowest BCUT2D eigenvalue weighted by Crippen LogP contribution is -2.48. The fourth-order valence-electron chi connectivity index (χ4n) is 3.75. The standard InChI is InChI=1S/C27H25IN4O2S/c28-22-8-4-7-21(19-22)26(34)30-27(35)29-23-10-12-24(13-11-23)31-15-17-32(18-16-31)25(33)14-9-20-5-2-1-3-6-20/h1-14,19H,15-18H2,(H2,29,30,34,35)/b14-9+. The lowest BCUT2D eigenvalue weighted by Gasteiger charge is -2.35. The molecule has 0 saturated carbocycles. The van der Waals surface area contributed by atoms with Gasteiger partial charge in [0.25, 0.3) is 5.91 Å². The van der Waals surface area contributed by atoms with Crippen LogP contribution >= 0.6 is 34.8 Å². The predicted molar refractivity (Wildman–Crippen MR) is 154 cm³/mol. The molecule has 0 aliphatic carbocycles. The maximum atomic E-state index is 12.5. The van der Waals surface area contributed by atoms with E-state index in [9.17, 15) is 9.59 Å². The van der Waals surface area contributed by atoms with Crippen molar-refractivity contribution in [2.75, 3.05) is 36.4 Å². The summed E-state index contributed by atoms with van der Waals surface area (Å²) in [6.07, 6.45) is 3.50. The molecule has 1 saturated heterocycles. The van der Waals surface area contributed by atoms with E-state index in [-0.39, 0.29) is 16.9 Å². The van der Waals surface area contributed by atoms with Gasteiger partial charge in [0.05, 0.1) is 0 Å². The molecule has 2 N–H and O–H groups in total. The van der Waals surface area contributed by atoms with E-state index in [1.807, 2.05) is 77.7 Å². The van der Waals surface area contributed by atoms with E-state index >= 15 is 0 Å². The van der Waals surface area contributed by atoms with Gasteiger partial charge in [-0.1, -0.05) is 36.4 Å². The first-order valence-corrected chi connectivity index (χ1v) is 12.7. The first-order chi connectivity index (χ1) is 17.0. The van der Waals surface area contributed by atoms with Crippen LogP contribution in [0, 0.1) is 3.57 Å². The first kappa shape index (κ1) is 24.9. The Balaban J connectivity index is 1.25. The number of carbonyl (C=O) groups excluding carboxylic acids is 2. The number of carbonyl (C=O) groups is 2. The fourth-order valence-corrected chi connectivity index (χ4v) is 4.50. The first-order valence-electron chi connectivity index (χ1n) is 11.2. The largest absolute Gasteiger partial charge is 0.368 e. The van der Waals surface area contributed by atoms with Crippen molar-refractivity contribution in [1.29, 1.82) is 0 Å². The summed E-state index contributed by atoms with van der Waals surface area (Å²) in [5, 5.41) is 6.01. The van der Waals surface area contributed by atoms with Gasteiger partial charge in [0.1, 0.15) is 0 Å². The Morgan fingerprint density at radius 3 is 2.29 bits per heavy atom. The van der Waals surface area contributed by atoms with Crippen molar-refractivity contribution in [3.63, 3.8) is 0 Å². The summed E-state index contributed by atoms with van der Waals surface area (Å²) in [5.41, 5.74) is 3.45. The zero-order valence-electron chi connectivity index (χ0n) is 19.0. The van der Waals surface area contributed by atoms with Gasteiger partial charge in [-0.25, -0.2) is 0 Å². The lowest BCUT2D eigenvalue weighted by molar-refractivity contribution is -0.126. The van der Waals surface area contributed by atoms with E-state index < -0.39 is 0 Å². The minimum absolute atomic E-state index is 0.0359. The van der Waals surface area contributed by atoms with Gasteiger partial charge >= 0.3 is 0 Å². The third kappa shape index (κ3) is 7.12. The molecule has 0 atom stereocenters. The molecule has 0 spiro atoms. The Hall–Kier alpha value is -3.24. The molecule has 8 heteroatoms. The number of hydrogen-bond acceptors (Lipinski definition) is 4. The van der Waals surface area contributed by atoms with Gasteiger partial charge in [-0.15, -0.1) is 0 Å². The Morgan fingerprint density at radius 1 is 0.886 bits per heavy atom. The number of benzene rings is 3. The summed E-state index contributed by atoms with van der Waals surface area (Å²) in [6, 6.07) is 25.0. The highest BCUT2D eigenvalue weighted by atomic mass is 127. The average molecular weight is 596 g/mol. The number of nitrogens with one attached hydrogen (secondary N) is 2. The molecule has 0 aromatic heterocycles. The van der Waals surface area contributed by atoms with Crippen LogP contribution in [0.3, 0.4) is 0 Å². The predicted octanol–water partition coefficient (Wildman–Crippen LogP) is 4.78. The number of thiocarbonyl (C=S) groups is 1. The highest BCUT2D eigenvalue weighted by Gasteiger charge is 2.20. The third-order valence-electron chi connectivity index (χ3n) is 5.61. The van der Waals surface area contributed by atoms with Crippen molar-refractivity contribution >= 4 is 69.2 Å². The molecule has 3 aromatic carbocycles. The SMILES string of the molecule is O=C(NC(=S)Nc1ccc(N2CCN(C(=O)/C=C/c3ccccc3)CC2)cc1)c1cccc(I)c1. The molecule has 178 valence electrons. The highest BCUT2D eigenvalue weighted by molar-refractivity contribution is 14.1. The van der Waals surface area contributed by atoms with Crippen molar-refractivity contribution in [3.8, 4) is 0 Å². The molecule has 1 aliphatic heterocycles. The second kappa shape index (κ2) is 11.9. The van der Waals surface area contributed by atoms with Crippen molar-refractivity contribution in [3.05, 3.63) is 99.6 Å². The van der Waals surface area contributed by atoms with Crippen LogP contribution in [0.5, 0.6) is 0 Å². The summed E-state index contributed by atoms with van der Waals surface area (Å²) in [6.45, 7) is 2.88. The van der Waals surface area contributed by atoms with E-state index in [0.29, 0.717) is 18.7 Å². The number of halogens is 1. The molecule has 1 heterocycles. The summed E-state index contributed by atoms with van der Waals surface area (Å²) in [4.78, 5) is 29.0. The smallest absolute Gasteiger partial charge is 0.257 e. The van der Waals surface area contributed by atoms with Crippen LogP contribution < -0.4 is 15.5 Å². The van der Waals surface area contributed by atoms with Gasteiger partial charge in [0, 0.05) is 52.8 Å². The van der Waals surface area contributed by atoms with Crippen LogP contribution in [0.15, 0.2) is 84.9 Å². The molecule has 2 amide bonds. The Morgan fingerprint density at radius 2 is 1.60 bits per heavy atom. The van der Waals surface area contributed by atoms with Crippen molar-refractivity contribution < 1.29 is 9.59 Å². The van der Waals surface area contributed by atoms with Gasteiger partial charge in [0.15, 0.2) is 5.11 Å². The van der Waals surface area contributed by atoms with Crippen molar-refractivity contribution in [1.82, 2.24) is 10.2 Å². The second-order valence-corrected chi connectivity index (χ2v) is 9.68. The lowest BCUT2D eigenvalue weighted by atomic mass is 10.2. The van der Waals surface area contributed by atoms with Crippen LogP contribution in [-0.2, 0) is 4.79 Å². The number of rotatable bonds is 5. The van der Waals surface area contributed by atoms with Crippen LogP contribution in [0.2, 0.25) is 0 Å². The summed E-state index contributed by atoms with van der Waals surface area (Å²) < 4.78 is 0.985. The highest BCUT2D eigenvalue weighted by Crippen LogP contribution is 2.20. The molecule has 0 unspecified atom stereocenters. The van der Waals surface area contributed by atoms with Gasteiger partial charge in [-0.2, -0.15) is 0 Å². The Bertz CT molecular complexity index is 1220. The molecular formula is C27H25IN4O2S. The third-order valence-corrected chi connectivity index (χ3v) is 6.49. The van der Waals surface area contributed by atoms with E-state index in [0.717, 1.165) is 33.6 Å². The van der Waals surface area contributed by atoms with Gasteiger partial charge in [-0.05, 0) is 88.9 Å². The minimum atomic E-state index is -0.247. The van der Waals surface area contributed by atoms with Crippen LogP contribution in [0.1, 0.15) is 15.9 Å². The maximum absolute atomic E-state index is 12.5. The minimum Gasteiger partial charge on any atom is -0.368 e. The number of nitrogens with zero attached hydrogens (tertiary/aromatic N) is 2. The molecule has 6 nitrogen and oxygen atoms in total. The van der Waals surface area contributed by atoms with Crippen LogP contribution in [-0.4, -0.2) is 48.0 Å². The van der Waals surface area contributed by atoms with Crippen LogP contribution in [0.4, 0.5) is 11.4 Å². The van der Waals surface area contributed by atoms with E-state index in [4.69, 9.17) is 12.2 Å². The zero-order valence-corrected chi connectivity index (χ0v) is 22.0. The molecule has 0 bridgehead atoms. The molecule has 4 rings (SSSR count). The Labute approximate surface area is 224 Å². The number of piperazine rings is 1. The molecule has 0 radical (unpaired) electrons. The van der Waals surface area contributed by atoms with Gasteiger partial charge in [-0.3, -0.25) is 14.9 Å². The quantitative estimate of drug-likeness (QED) is 0.252. The van der Waals surface area contributed by atoms with E-state index in [1.54, 1.807) is 18.2 Å². The van der Waals surface area contributed by atoms with E-state index in [1.165, 1.54) is 0 Å². The summed E-state index contributed by atoms with van der Waals surface area (Å²) in [7, 11) is 0. The fraction of sp³-hybridized carbons (Fsp3) is 0.148. The van der Waals surface area contributed by atoms with Crippen molar-refractivity contribution in [2.45, 2.75) is 0 Å². The molecular weight excluding hydrogens is 571 g/mol. The zero-order chi connectivity index (χ0) is 24.6. The monoisotopic (exact) mass is 596 g/mol. The molecule has 3 aromatic rings. The van der Waals surface area contributed by atoms with Crippen molar-refractivity contribution in [2.24, 2.45) is 0 Å². The number of amides is 2. The molecule has 1 fully saturated rings. The Kier molecular flexibility index (Phi) is 8.49. The molecule has 1 aliphatic rings. The number of anilines is 2. The topological polar surface area (TPSA) is 64.7 Å². The average Bonchev–Trinajstić information content (AvgIpc) is 2.88. The normalized spacial score (nSPS) is 13.5. The summed E-state index contributed by atoms with van der Waals surface area (Å²) >= 11 is 7.46.